The topological polar surface area (TPSA) is 60.2 Å². The Balaban J connectivity index is 1.62. The van der Waals surface area contributed by atoms with Crippen LogP contribution in [0.15, 0.2) is 6.07 Å². The predicted octanol–water partition coefficient (Wildman–Crippen LogP) is 2.41. The smallest absolute Gasteiger partial charge is 0.254 e. The van der Waals surface area contributed by atoms with Gasteiger partial charge < -0.3 is 9.64 Å². The van der Waals surface area contributed by atoms with Gasteiger partial charge in [0.1, 0.15) is 6.61 Å². The summed E-state index contributed by atoms with van der Waals surface area (Å²) < 4.78 is 7.40. The van der Waals surface area contributed by atoms with Gasteiger partial charge in [0.2, 0.25) is 0 Å². The lowest BCUT2D eigenvalue weighted by atomic mass is 10.0. The summed E-state index contributed by atoms with van der Waals surface area (Å²) in [4.78, 5) is 20.0. The molecule has 1 saturated carbocycles. The van der Waals surface area contributed by atoms with E-state index >= 15 is 0 Å². The van der Waals surface area contributed by atoms with Crippen LogP contribution in [-0.2, 0) is 11.8 Å². The van der Waals surface area contributed by atoms with Crippen molar-refractivity contribution < 1.29 is 9.53 Å². The molecule has 6 nitrogen and oxygen atoms in total. The first-order chi connectivity index (χ1) is 12.6. The highest BCUT2D eigenvalue weighted by Gasteiger charge is 2.31. The van der Waals surface area contributed by atoms with Crippen LogP contribution in [-0.4, -0.2) is 51.4 Å². The van der Waals surface area contributed by atoms with E-state index in [-0.39, 0.29) is 12.0 Å². The van der Waals surface area contributed by atoms with Gasteiger partial charge in [-0.15, -0.1) is 6.42 Å². The average molecular weight is 352 g/mol. The number of aryl methyl sites for hydroxylation is 2. The van der Waals surface area contributed by atoms with Gasteiger partial charge in [0.25, 0.3) is 5.91 Å². The molecule has 0 N–H and O–H groups in total. The lowest BCUT2D eigenvalue weighted by molar-refractivity contribution is 0.0231. The Morgan fingerprint density at radius 3 is 2.73 bits per heavy atom. The Kier molecular flexibility index (Phi) is 4.41. The standard InChI is InChI=1S/C20H24N4O2/c1-4-11-26-15-7-9-24(10-8-15)20(25)16-12-17(14-5-6-14)21-19-18(16)13(2)22-23(19)3/h1,12,14-15H,5-11H2,2-3H3. The van der Waals surface area contributed by atoms with Crippen LogP contribution in [0.4, 0.5) is 0 Å². The molecule has 1 amide bonds. The lowest BCUT2D eigenvalue weighted by Gasteiger charge is -2.32. The summed E-state index contributed by atoms with van der Waals surface area (Å²) in [6.45, 7) is 3.66. The molecule has 136 valence electrons. The molecule has 6 heteroatoms. The third-order valence-corrected chi connectivity index (χ3v) is 5.35. The molecule has 26 heavy (non-hydrogen) atoms. The van der Waals surface area contributed by atoms with Crippen LogP contribution >= 0.6 is 0 Å². The van der Waals surface area contributed by atoms with Gasteiger partial charge in [0.15, 0.2) is 5.65 Å². The highest BCUT2D eigenvalue weighted by molar-refractivity contribution is 6.06. The zero-order valence-corrected chi connectivity index (χ0v) is 15.4. The molecule has 2 aromatic heterocycles. The van der Waals surface area contributed by atoms with Crippen LogP contribution in [0.2, 0.25) is 0 Å². The van der Waals surface area contributed by atoms with E-state index in [4.69, 9.17) is 16.1 Å². The number of likely N-dealkylation sites (tertiary alicyclic amines) is 1. The number of terminal acetylenes is 1. The monoisotopic (exact) mass is 352 g/mol. The number of hydrogen-bond donors (Lipinski definition) is 0. The van der Waals surface area contributed by atoms with Gasteiger partial charge in [-0.2, -0.15) is 5.10 Å². The first-order valence-corrected chi connectivity index (χ1v) is 9.27. The Morgan fingerprint density at radius 2 is 2.08 bits per heavy atom. The number of hydrogen-bond acceptors (Lipinski definition) is 4. The summed E-state index contributed by atoms with van der Waals surface area (Å²) in [7, 11) is 1.89. The third-order valence-electron chi connectivity index (χ3n) is 5.35. The van der Waals surface area contributed by atoms with Crippen molar-refractivity contribution >= 4 is 16.9 Å². The number of carbonyl (C=O) groups is 1. The second-order valence-corrected chi connectivity index (χ2v) is 7.28. The Bertz CT molecular complexity index is 883. The van der Waals surface area contributed by atoms with Crippen LogP contribution in [0.5, 0.6) is 0 Å². The van der Waals surface area contributed by atoms with E-state index in [2.05, 4.69) is 11.0 Å². The van der Waals surface area contributed by atoms with Crippen molar-refractivity contribution in [2.24, 2.45) is 7.05 Å². The van der Waals surface area contributed by atoms with Gasteiger partial charge in [-0.05, 0) is 38.7 Å². The molecule has 0 bridgehead atoms. The molecule has 1 aliphatic heterocycles. The number of nitrogens with zero attached hydrogens (tertiary/aromatic N) is 4. The molecule has 0 radical (unpaired) electrons. The van der Waals surface area contributed by atoms with E-state index in [0.29, 0.717) is 25.6 Å². The fraction of sp³-hybridized carbons (Fsp3) is 0.550. The molecular formula is C20H24N4O2. The number of aromatic nitrogens is 3. The number of amides is 1. The fourth-order valence-electron chi connectivity index (χ4n) is 3.78. The molecule has 2 aromatic rings. The van der Waals surface area contributed by atoms with Gasteiger partial charge >= 0.3 is 0 Å². The van der Waals surface area contributed by atoms with Crippen molar-refractivity contribution in [2.75, 3.05) is 19.7 Å². The summed E-state index contributed by atoms with van der Waals surface area (Å²) in [6, 6.07) is 2.00. The number of rotatable bonds is 4. The molecule has 0 unspecified atom stereocenters. The van der Waals surface area contributed by atoms with Crippen LogP contribution in [0, 0.1) is 19.3 Å². The normalized spacial score (nSPS) is 18.3. The molecule has 0 atom stereocenters. The van der Waals surface area contributed by atoms with E-state index in [1.54, 1.807) is 4.68 Å². The minimum Gasteiger partial charge on any atom is -0.365 e. The maximum Gasteiger partial charge on any atom is 0.254 e. The summed E-state index contributed by atoms with van der Waals surface area (Å²) in [5, 5.41) is 5.37. The molecular weight excluding hydrogens is 328 g/mol. The van der Waals surface area contributed by atoms with Gasteiger partial charge in [-0.3, -0.25) is 9.48 Å². The van der Waals surface area contributed by atoms with Crippen LogP contribution in [0.1, 0.15) is 53.3 Å². The predicted molar refractivity (Wildman–Crippen MR) is 98.9 cm³/mol. The van der Waals surface area contributed by atoms with Crippen LogP contribution < -0.4 is 0 Å². The second-order valence-electron chi connectivity index (χ2n) is 7.28. The average Bonchev–Trinajstić information content (AvgIpc) is 3.46. The highest BCUT2D eigenvalue weighted by atomic mass is 16.5. The third kappa shape index (κ3) is 3.08. The molecule has 0 spiro atoms. The zero-order chi connectivity index (χ0) is 18.3. The minimum atomic E-state index is 0.0748. The molecule has 2 aliphatic rings. The van der Waals surface area contributed by atoms with Crippen molar-refractivity contribution in [2.45, 2.75) is 44.6 Å². The van der Waals surface area contributed by atoms with E-state index in [0.717, 1.165) is 53.7 Å². The van der Waals surface area contributed by atoms with Gasteiger partial charge in [0, 0.05) is 31.7 Å². The molecule has 3 heterocycles. The van der Waals surface area contributed by atoms with Crippen molar-refractivity contribution in [3.05, 3.63) is 23.0 Å². The number of fused-ring (bicyclic) bond motifs is 1. The van der Waals surface area contributed by atoms with E-state index in [1.807, 2.05) is 24.9 Å². The Labute approximate surface area is 153 Å². The Morgan fingerprint density at radius 1 is 1.35 bits per heavy atom. The largest absolute Gasteiger partial charge is 0.365 e. The summed E-state index contributed by atoms with van der Waals surface area (Å²) >= 11 is 0. The molecule has 1 aliphatic carbocycles. The van der Waals surface area contributed by atoms with Gasteiger partial charge in [-0.1, -0.05) is 5.92 Å². The summed E-state index contributed by atoms with van der Waals surface area (Å²) in [5.74, 6) is 3.07. The van der Waals surface area contributed by atoms with Crippen molar-refractivity contribution in [1.82, 2.24) is 19.7 Å². The first-order valence-electron chi connectivity index (χ1n) is 9.27. The van der Waals surface area contributed by atoms with Crippen LogP contribution in [0.3, 0.4) is 0 Å². The van der Waals surface area contributed by atoms with E-state index in [1.165, 1.54) is 0 Å². The quantitative estimate of drug-likeness (QED) is 0.793. The van der Waals surface area contributed by atoms with E-state index in [9.17, 15) is 4.79 Å². The Hall–Kier alpha value is -2.39. The fourth-order valence-corrected chi connectivity index (χ4v) is 3.78. The SMILES string of the molecule is C#CCOC1CCN(C(=O)c2cc(C3CC3)nc3c2c(C)nn3C)CC1. The maximum absolute atomic E-state index is 13.3. The van der Waals surface area contributed by atoms with Crippen LogP contribution in [0.25, 0.3) is 11.0 Å². The molecule has 4 rings (SSSR count). The molecule has 1 saturated heterocycles. The van der Waals surface area contributed by atoms with E-state index < -0.39 is 0 Å². The number of pyridine rings is 1. The zero-order valence-electron chi connectivity index (χ0n) is 15.4. The van der Waals surface area contributed by atoms with Crippen molar-refractivity contribution in [1.29, 1.82) is 0 Å². The molecule has 2 fully saturated rings. The summed E-state index contributed by atoms with van der Waals surface area (Å²) in [6.07, 6.45) is 9.36. The number of piperidine rings is 1. The number of ether oxygens (including phenoxy) is 1. The van der Waals surface area contributed by atoms with Gasteiger partial charge in [-0.25, -0.2) is 4.98 Å². The summed E-state index contributed by atoms with van der Waals surface area (Å²) in [5.41, 5.74) is 3.43. The highest BCUT2D eigenvalue weighted by Crippen LogP contribution is 2.40. The van der Waals surface area contributed by atoms with Gasteiger partial charge in [0.05, 0.1) is 22.7 Å². The second kappa shape index (κ2) is 6.73. The molecule has 0 aromatic carbocycles. The first kappa shape index (κ1) is 17.0. The number of carbonyl (C=O) groups excluding carboxylic acids is 1. The van der Waals surface area contributed by atoms with Crippen molar-refractivity contribution in [3.8, 4) is 12.3 Å². The maximum atomic E-state index is 13.3. The minimum absolute atomic E-state index is 0.0748. The lowest BCUT2D eigenvalue weighted by Crippen LogP contribution is -2.41. The van der Waals surface area contributed by atoms with Crippen molar-refractivity contribution in [3.63, 3.8) is 0 Å².